The molecular formula is C14H22O3Si. The first-order valence-corrected chi connectivity index (χ1v) is 8.09. The molecule has 0 N–H and O–H groups in total. The molecule has 0 unspecified atom stereocenters. The Kier molecular flexibility index (Phi) is 6.28. The molecule has 3 nitrogen and oxygen atoms in total. The van der Waals surface area contributed by atoms with Crippen LogP contribution >= 0.6 is 0 Å². The van der Waals surface area contributed by atoms with Gasteiger partial charge in [0.1, 0.15) is 0 Å². The Bertz CT molecular complexity index is 348. The van der Waals surface area contributed by atoms with E-state index in [4.69, 9.17) is 13.3 Å². The van der Waals surface area contributed by atoms with Crippen LogP contribution in [0.1, 0.15) is 26.3 Å². The van der Waals surface area contributed by atoms with Gasteiger partial charge in [-0.15, -0.1) is 0 Å². The molecule has 0 aromatic heterocycles. The molecule has 0 atom stereocenters. The lowest BCUT2D eigenvalue weighted by molar-refractivity contribution is 0.0872. The molecule has 0 aliphatic carbocycles. The third-order valence-electron chi connectivity index (χ3n) is 2.49. The highest BCUT2D eigenvalue weighted by Gasteiger charge is 2.44. The first-order chi connectivity index (χ1) is 8.70. The van der Waals surface area contributed by atoms with Gasteiger partial charge in [0.15, 0.2) is 0 Å². The molecule has 0 saturated carbocycles. The van der Waals surface area contributed by atoms with Crippen molar-refractivity contribution in [1.82, 2.24) is 0 Å². The van der Waals surface area contributed by atoms with Crippen molar-refractivity contribution in [2.45, 2.75) is 20.8 Å². The standard InChI is InChI=1S/C14H22O3Si/c1-5-15-18(16-6-2,17-7-3)13(4)14-11-9-8-10-12-14/h8-12H,4-7H2,1-3H3. The molecular weight excluding hydrogens is 244 g/mol. The van der Waals surface area contributed by atoms with Crippen LogP contribution in [0, 0.1) is 0 Å². The van der Waals surface area contributed by atoms with Gasteiger partial charge in [0.05, 0.1) is 0 Å². The monoisotopic (exact) mass is 266 g/mol. The van der Waals surface area contributed by atoms with Crippen molar-refractivity contribution >= 4 is 14.0 Å². The van der Waals surface area contributed by atoms with Crippen molar-refractivity contribution in [1.29, 1.82) is 0 Å². The summed E-state index contributed by atoms with van der Waals surface area (Å²) >= 11 is 0. The van der Waals surface area contributed by atoms with Gasteiger partial charge in [-0.2, -0.15) is 0 Å². The van der Waals surface area contributed by atoms with Crippen LogP contribution in [-0.4, -0.2) is 28.6 Å². The number of hydrogen-bond acceptors (Lipinski definition) is 3. The van der Waals surface area contributed by atoms with Crippen LogP contribution < -0.4 is 0 Å². The van der Waals surface area contributed by atoms with Gasteiger partial charge in [0, 0.05) is 25.0 Å². The van der Waals surface area contributed by atoms with Gasteiger partial charge in [0.2, 0.25) is 0 Å². The molecule has 4 heteroatoms. The molecule has 1 aromatic rings. The SMILES string of the molecule is C=C(c1ccccc1)[Si](OCC)(OCC)OCC. The summed E-state index contributed by atoms with van der Waals surface area (Å²) in [7, 11) is -2.83. The molecule has 0 bridgehead atoms. The van der Waals surface area contributed by atoms with E-state index in [0.717, 1.165) is 10.8 Å². The van der Waals surface area contributed by atoms with Crippen molar-refractivity contribution in [2.75, 3.05) is 19.8 Å². The van der Waals surface area contributed by atoms with E-state index in [-0.39, 0.29) is 0 Å². The van der Waals surface area contributed by atoms with Gasteiger partial charge in [-0.05, 0) is 26.3 Å². The van der Waals surface area contributed by atoms with Gasteiger partial charge in [0.25, 0.3) is 0 Å². The maximum absolute atomic E-state index is 5.82. The van der Waals surface area contributed by atoms with E-state index in [1.54, 1.807) is 0 Å². The van der Waals surface area contributed by atoms with Gasteiger partial charge in [-0.3, -0.25) is 0 Å². The van der Waals surface area contributed by atoms with Crippen LogP contribution in [0.5, 0.6) is 0 Å². The van der Waals surface area contributed by atoms with E-state index < -0.39 is 8.80 Å². The van der Waals surface area contributed by atoms with E-state index in [1.807, 2.05) is 51.1 Å². The molecule has 100 valence electrons. The third kappa shape index (κ3) is 3.52. The number of hydrogen-bond donors (Lipinski definition) is 0. The minimum atomic E-state index is -2.83. The molecule has 18 heavy (non-hydrogen) atoms. The molecule has 0 saturated heterocycles. The Hall–Kier alpha value is -0.943. The van der Waals surface area contributed by atoms with E-state index in [0.29, 0.717) is 19.8 Å². The highest BCUT2D eigenvalue weighted by atomic mass is 28.4. The summed E-state index contributed by atoms with van der Waals surface area (Å²) in [6.45, 7) is 11.6. The fourth-order valence-corrected chi connectivity index (χ4v) is 4.21. The summed E-state index contributed by atoms with van der Waals surface area (Å²) in [5.41, 5.74) is 1.01. The quantitative estimate of drug-likeness (QED) is 0.676. The van der Waals surface area contributed by atoms with Crippen LogP contribution in [0.3, 0.4) is 0 Å². The minimum Gasteiger partial charge on any atom is -0.370 e. The Balaban J connectivity index is 3.04. The first kappa shape index (κ1) is 15.1. The smallest absolute Gasteiger partial charge is 0.370 e. The fraction of sp³-hybridized carbons (Fsp3) is 0.429. The second-order valence-electron chi connectivity index (χ2n) is 3.70. The van der Waals surface area contributed by atoms with Crippen molar-refractivity contribution in [3.05, 3.63) is 42.5 Å². The first-order valence-electron chi connectivity index (χ1n) is 6.36. The summed E-state index contributed by atoms with van der Waals surface area (Å²) in [5, 5.41) is 0.827. The zero-order chi connectivity index (χ0) is 13.4. The second kappa shape index (κ2) is 7.48. The van der Waals surface area contributed by atoms with Gasteiger partial charge in [-0.25, -0.2) is 0 Å². The summed E-state index contributed by atoms with van der Waals surface area (Å²) in [5.74, 6) is 0. The van der Waals surface area contributed by atoms with Gasteiger partial charge >= 0.3 is 8.80 Å². The molecule has 0 aliphatic heterocycles. The molecule has 0 fully saturated rings. The Morgan fingerprint density at radius 2 is 1.39 bits per heavy atom. The van der Waals surface area contributed by atoms with Crippen LogP contribution in [0.4, 0.5) is 0 Å². The van der Waals surface area contributed by atoms with Crippen LogP contribution in [-0.2, 0) is 13.3 Å². The molecule has 1 aromatic carbocycles. The van der Waals surface area contributed by atoms with Crippen LogP contribution in [0.2, 0.25) is 0 Å². The Labute approximate surface area is 111 Å². The van der Waals surface area contributed by atoms with E-state index >= 15 is 0 Å². The lowest BCUT2D eigenvalue weighted by atomic mass is 10.2. The van der Waals surface area contributed by atoms with Crippen LogP contribution in [0.15, 0.2) is 36.9 Å². The average molecular weight is 266 g/mol. The van der Waals surface area contributed by atoms with Gasteiger partial charge in [-0.1, -0.05) is 36.9 Å². The molecule has 0 heterocycles. The van der Waals surface area contributed by atoms with Crippen molar-refractivity contribution in [2.24, 2.45) is 0 Å². The second-order valence-corrected chi connectivity index (χ2v) is 6.28. The summed E-state index contributed by atoms with van der Waals surface area (Å²) < 4.78 is 17.5. The number of rotatable bonds is 8. The van der Waals surface area contributed by atoms with Gasteiger partial charge < -0.3 is 13.3 Å². The predicted molar refractivity (Wildman–Crippen MR) is 76.1 cm³/mol. The Morgan fingerprint density at radius 1 is 0.944 bits per heavy atom. The maximum Gasteiger partial charge on any atom is 0.537 e. The van der Waals surface area contributed by atoms with Crippen molar-refractivity contribution < 1.29 is 13.3 Å². The maximum atomic E-state index is 5.82. The largest absolute Gasteiger partial charge is 0.537 e. The molecule has 0 spiro atoms. The summed E-state index contributed by atoms with van der Waals surface area (Å²) in [6.07, 6.45) is 0. The van der Waals surface area contributed by atoms with Crippen molar-refractivity contribution in [3.8, 4) is 0 Å². The zero-order valence-corrected chi connectivity index (χ0v) is 12.4. The average Bonchev–Trinajstić information content (AvgIpc) is 2.39. The summed E-state index contributed by atoms with van der Waals surface area (Å²) in [6, 6.07) is 9.93. The zero-order valence-electron chi connectivity index (χ0n) is 11.4. The van der Waals surface area contributed by atoms with E-state index in [2.05, 4.69) is 6.58 Å². The Morgan fingerprint density at radius 3 is 1.78 bits per heavy atom. The van der Waals surface area contributed by atoms with E-state index in [9.17, 15) is 0 Å². The fourth-order valence-electron chi connectivity index (χ4n) is 1.77. The van der Waals surface area contributed by atoms with Crippen molar-refractivity contribution in [3.63, 3.8) is 0 Å². The lowest BCUT2D eigenvalue weighted by Crippen LogP contribution is -2.47. The van der Waals surface area contributed by atoms with E-state index in [1.165, 1.54) is 0 Å². The van der Waals surface area contributed by atoms with Crippen LogP contribution in [0.25, 0.3) is 5.20 Å². The highest BCUT2D eigenvalue weighted by molar-refractivity contribution is 6.81. The molecule has 0 aliphatic rings. The topological polar surface area (TPSA) is 27.7 Å². The minimum absolute atomic E-state index is 0.554. The molecule has 1 rings (SSSR count). The normalized spacial score (nSPS) is 11.5. The molecule has 0 amide bonds. The number of benzene rings is 1. The molecule has 0 radical (unpaired) electrons. The predicted octanol–water partition coefficient (Wildman–Crippen LogP) is 3.29. The summed E-state index contributed by atoms with van der Waals surface area (Å²) in [4.78, 5) is 0. The highest BCUT2D eigenvalue weighted by Crippen LogP contribution is 2.27. The third-order valence-corrected chi connectivity index (χ3v) is 5.53. The lowest BCUT2D eigenvalue weighted by Gasteiger charge is -2.30.